The number of fused-ring (bicyclic) bond motifs is 2. The normalized spacial score (nSPS) is 35.0. The Bertz CT molecular complexity index is 186. The predicted molar refractivity (Wildman–Crippen MR) is 52.6 cm³/mol. The average Bonchev–Trinajstić information content (AvgIpc) is 2.07. The molecular formula is C11H19NO. The van der Waals surface area contributed by atoms with Crippen molar-refractivity contribution >= 4 is 5.78 Å². The van der Waals surface area contributed by atoms with E-state index in [1.54, 1.807) is 0 Å². The third kappa shape index (κ3) is 1.78. The first-order valence-electron chi connectivity index (χ1n) is 5.57. The molecule has 0 aromatic carbocycles. The summed E-state index contributed by atoms with van der Waals surface area (Å²) in [6.07, 6.45) is 4.79. The van der Waals surface area contributed by atoms with Crippen molar-refractivity contribution in [1.29, 1.82) is 0 Å². The van der Waals surface area contributed by atoms with Crippen molar-refractivity contribution in [3.05, 3.63) is 0 Å². The zero-order chi connectivity index (χ0) is 9.26. The number of rotatable bonds is 2. The summed E-state index contributed by atoms with van der Waals surface area (Å²) in [5, 5.41) is 0. The zero-order valence-corrected chi connectivity index (χ0v) is 8.46. The highest BCUT2D eigenvalue weighted by molar-refractivity contribution is 5.85. The smallest absolute Gasteiger partial charge is 0.141 e. The highest BCUT2D eigenvalue weighted by Gasteiger charge is 2.37. The second-order valence-electron chi connectivity index (χ2n) is 4.49. The molecule has 1 aliphatic heterocycles. The van der Waals surface area contributed by atoms with Gasteiger partial charge in [-0.1, -0.05) is 13.3 Å². The fourth-order valence-corrected chi connectivity index (χ4v) is 2.79. The number of hydrogen-bond donors (Lipinski definition) is 0. The number of likely N-dealkylation sites (tertiary alicyclic amines) is 1. The van der Waals surface area contributed by atoms with Gasteiger partial charge in [-0.15, -0.1) is 0 Å². The van der Waals surface area contributed by atoms with Crippen LogP contribution < -0.4 is 0 Å². The van der Waals surface area contributed by atoms with Crippen molar-refractivity contribution in [3.8, 4) is 0 Å². The Morgan fingerprint density at radius 1 is 1.31 bits per heavy atom. The maximum absolute atomic E-state index is 11.7. The van der Waals surface area contributed by atoms with Crippen LogP contribution in [-0.2, 0) is 4.79 Å². The lowest BCUT2D eigenvalue weighted by atomic mass is 9.76. The molecule has 2 nitrogen and oxygen atoms in total. The summed E-state index contributed by atoms with van der Waals surface area (Å²) in [5.74, 6) is 1.34. The maximum Gasteiger partial charge on any atom is 0.141 e. The molecule has 2 aliphatic rings. The summed E-state index contributed by atoms with van der Waals surface area (Å²) >= 11 is 0. The van der Waals surface area contributed by atoms with E-state index in [-0.39, 0.29) is 0 Å². The van der Waals surface area contributed by atoms with E-state index in [2.05, 4.69) is 11.8 Å². The molecule has 2 bridgehead atoms. The van der Waals surface area contributed by atoms with Gasteiger partial charge in [0, 0.05) is 24.9 Å². The number of piperidine rings is 1. The first-order chi connectivity index (χ1) is 6.31. The summed E-state index contributed by atoms with van der Waals surface area (Å²) in [6.45, 7) is 5.48. The fourth-order valence-electron chi connectivity index (χ4n) is 2.79. The van der Waals surface area contributed by atoms with Crippen LogP contribution in [0.15, 0.2) is 0 Å². The van der Waals surface area contributed by atoms with Gasteiger partial charge in [0.05, 0.1) is 0 Å². The van der Waals surface area contributed by atoms with Crippen LogP contribution in [0.4, 0.5) is 0 Å². The molecule has 2 atom stereocenters. The lowest BCUT2D eigenvalue weighted by molar-refractivity contribution is -0.134. The minimum absolute atomic E-state index is 0.388. The third-order valence-corrected chi connectivity index (χ3v) is 3.41. The van der Waals surface area contributed by atoms with Crippen molar-refractivity contribution < 1.29 is 4.79 Å². The maximum atomic E-state index is 11.7. The van der Waals surface area contributed by atoms with Crippen LogP contribution in [0.2, 0.25) is 0 Å². The van der Waals surface area contributed by atoms with Crippen LogP contribution in [0.5, 0.6) is 0 Å². The van der Waals surface area contributed by atoms with E-state index in [1.807, 2.05) is 0 Å². The standard InChI is InChI=1S/C11H19NO/c1-2-6-12-7-9-4-3-5-10(8-12)11(9)13/h9-10H,2-8H2,1H3. The number of nitrogens with zero attached hydrogens (tertiary/aromatic N) is 1. The lowest BCUT2D eigenvalue weighted by Crippen LogP contribution is -2.49. The summed E-state index contributed by atoms with van der Waals surface area (Å²) in [4.78, 5) is 14.2. The minimum Gasteiger partial charge on any atom is -0.302 e. The van der Waals surface area contributed by atoms with Crippen molar-refractivity contribution in [3.63, 3.8) is 0 Å². The van der Waals surface area contributed by atoms with Crippen LogP contribution in [0.25, 0.3) is 0 Å². The Morgan fingerprint density at radius 3 is 2.46 bits per heavy atom. The molecule has 2 unspecified atom stereocenters. The quantitative estimate of drug-likeness (QED) is 0.646. The molecule has 0 N–H and O–H groups in total. The highest BCUT2D eigenvalue weighted by atomic mass is 16.1. The Morgan fingerprint density at radius 2 is 1.92 bits per heavy atom. The van der Waals surface area contributed by atoms with Crippen molar-refractivity contribution in [2.75, 3.05) is 19.6 Å². The fraction of sp³-hybridized carbons (Fsp3) is 0.909. The number of hydrogen-bond acceptors (Lipinski definition) is 2. The molecule has 1 saturated heterocycles. The summed E-state index contributed by atoms with van der Waals surface area (Å²) < 4.78 is 0. The van der Waals surface area contributed by atoms with Crippen LogP contribution in [0, 0.1) is 11.8 Å². The van der Waals surface area contributed by atoms with Gasteiger partial charge in [-0.25, -0.2) is 0 Å². The first kappa shape index (κ1) is 9.20. The molecule has 0 spiro atoms. The Labute approximate surface area is 80.3 Å². The second-order valence-corrected chi connectivity index (χ2v) is 4.49. The van der Waals surface area contributed by atoms with E-state index in [0.717, 1.165) is 25.9 Å². The van der Waals surface area contributed by atoms with Gasteiger partial charge in [0.15, 0.2) is 0 Å². The minimum atomic E-state index is 0.388. The van der Waals surface area contributed by atoms with Gasteiger partial charge < -0.3 is 4.90 Å². The second kappa shape index (κ2) is 3.79. The molecule has 13 heavy (non-hydrogen) atoms. The Hall–Kier alpha value is -0.370. The molecule has 0 radical (unpaired) electrons. The van der Waals surface area contributed by atoms with Gasteiger partial charge >= 0.3 is 0 Å². The highest BCUT2D eigenvalue weighted by Crippen LogP contribution is 2.31. The first-order valence-corrected chi connectivity index (χ1v) is 5.57. The zero-order valence-electron chi connectivity index (χ0n) is 8.46. The Kier molecular flexibility index (Phi) is 2.68. The largest absolute Gasteiger partial charge is 0.302 e. The molecular weight excluding hydrogens is 162 g/mol. The summed E-state index contributed by atoms with van der Waals surface area (Å²) in [5.41, 5.74) is 0. The van der Waals surface area contributed by atoms with E-state index in [4.69, 9.17) is 0 Å². The van der Waals surface area contributed by atoms with Gasteiger partial charge in [-0.2, -0.15) is 0 Å². The van der Waals surface area contributed by atoms with Gasteiger partial charge in [-0.05, 0) is 25.8 Å². The van der Waals surface area contributed by atoms with Crippen LogP contribution >= 0.6 is 0 Å². The van der Waals surface area contributed by atoms with E-state index in [1.165, 1.54) is 19.4 Å². The number of ketones is 1. The molecule has 0 aromatic rings. The van der Waals surface area contributed by atoms with Gasteiger partial charge in [0.2, 0.25) is 0 Å². The summed E-state index contributed by atoms with van der Waals surface area (Å²) in [6, 6.07) is 0. The molecule has 0 amide bonds. The van der Waals surface area contributed by atoms with E-state index in [0.29, 0.717) is 17.6 Å². The average molecular weight is 181 g/mol. The number of Topliss-reactive ketones (excluding diaryl/α,β-unsaturated/α-hetero) is 1. The lowest BCUT2D eigenvalue weighted by Gasteiger charge is -2.39. The molecule has 2 heteroatoms. The van der Waals surface area contributed by atoms with Gasteiger partial charge in [0.1, 0.15) is 5.78 Å². The molecule has 1 aliphatic carbocycles. The van der Waals surface area contributed by atoms with E-state index < -0.39 is 0 Å². The molecule has 1 saturated carbocycles. The van der Waals surface area contributed by atoms with Gasteiger partial charge in [0.25, 0.3) is 0 Å². The molecule has 2 rings (SSSR count). The Balaban J connectivity index is 1.99. The van der Waals surface area contributed by atoms with Crippen molar-refractivity contribution in [1.82, 2.24) is 4.90 Å². The molecule has 2 fully saturated rings. The number of carbonyl (C=O) groups is 1. The van der Waals surface area contributed by atoms with Crippen LogP contribution in [0.3, 0.4) is 0 Å². The monoisotopic (exact) mass is 181 g/mol. The van der Waals surface area contributed by atoms with Crippen molar-refractivity contribution in [2.24, 2.45) is 11.8 Å². The molecule has 74 valence electrons. The number of carbonyl (C=O) groups excluding carboxylic acids is 1. The third-order valence-electron chi connectivity index (χ3n) is 3.41. The predicted octanol–water partition coefficient (Wildman–Crippen LogP) is 1.70. The SMILES string of the molecule is CCCN1CC2CCCC(C1)C2=O. The van der Waals surface area contributed by atoms with Crippen LogP contribution in [-0.4, -0.2) is 30.3 Å². The molecule has 1 heterocycles. The topological polar surface area (TPSA) is 20.3 Å². The van der Waals surface area contributed by atoms with E-state index >= 15 is 0 Å². The molecule has 0 aromatic heterocycles. The summed E-state index contributed by atoms with van der Waals surface area (Å²) in [7, 11) is 0. The van der Waals surface area contributed by atoms with E-state index in [9.17, 15) is 4.79 Å². The van der Waals surface area contributed by atoms with Gasteiger partial charge in [-0.3, -0.25) is 4.79 Å². The van der Waals surface area contributed by atoms with Crippen LogP contribution in [0.1, 0.15) is 32.6 Å². The van der Waals surface area contributed by atoms with Crippen molar-refractivity contribution in [2.45, 2.75) is 32.6 Å².